The number of pyridine rings is 1. The molecule has 0 unspecified atom stereocenters. The molecule has 20 heavy (non-hydrogen) atoms. The zero-order valence-electron chi connectivity index (χ0n) is 11.4. The summed E-state index contributed by atoms with van der Waals surface area (Å²) in [5.41, 5.74) is 1.01. The Hall–Kier alpha value is -1.88. The monoisotopic (exact) mass is 288 g/mol. The van der Waals surface area contributed by atoms with Crippen LogP contribution in [0.15, 0.2) is 41.5 Å². The minimum Gasteiger partial charge on any atom is -0.478 e. The van der Waals surface area contributed by atoms with Gasteiger partial charge in [-0.25, -0.2) is 4.79 Å². The largest absolute Gasteiger partial charge is 0.478 e. The first-order chi connectivity index (χ1) is 9.49. The Kier molecular flexibility index (Phi) is 4.39. The number of carboxylic acids is 1. The third kappa shape index (κ3) is 3.57. The van der Waals surface area contributed by atoms with Crippen LogP contribution in [0.4, 0.5) is 0 Å². The highest BCUT2D eigenvalue weighted by atomic mass is 32.2. The molecule has 1 aliphatic heterocycles. The molecule has 2 heterocycles. The van der Waals surface area contributed by atoms with Crippen LogP contribution in [0.25, 0.3) is 10.9 Å². The summed E-state index contributed by atoms with van der Waals surface area (Å²) in [7, 11) is 0. The van der Waals surface area contributed by atoms with Gasteiger partial charge in [0, 0.05) is 22.5 Å². The molecular weight excluding hydrogens is 272 g/mol. The second kappa shape index (κ2) is 6.05. The fraction of sp³-hybridized carbons (Fsp3) is 0.267. The second-order valence-electron chi connectivity index (χ2n) is 4.87. The summed E-state index contributed by atoms with van der Waals surface area (Å²) in [5, 5.41) is 9.53. The van der Waals surface area contributed by atoms with Crippen molar-refractivity contribution in [2.75, 3.05) is 5.88 Å². The standard InChI is InChI=1S/C10H7NO2.C5H9NS/c12-10(13)8-5-6-11-9-4-2-1-3-7(8)9;1-5(2)3-6-4-7-5/h1-6H,(H,12,13);3H,4H2,1-2H3. The van der Waals surface area contributed by atoms with Gasteiger partial charge in [0.1, 0.15) is 0 Å². The number of nitrogens with zero attached hydrogens (tertiary/aromatic N) is 2. The number of benzene rings is 1. The molecule has 1 N–H and O–H groups in total. The zero-order valence-corrected chi connectivity index (χ0v) is 12.2. The average molecular weight is 288 g/mol. The van der Waals surface area contributed by atoms with E-state index < -0.39 is 5.97 Å². The summed E-state index contributed by atoms with van der Waals surface area (Å²) >= 11 is 1.88. The van der Waals surface area contributed by atoms with Crippen molar-refractivity contribution in [2.45, 2.75) is 18.6 Å². The fourth-order valence-electron chi connectivity index (χ4n) is 1.78. The molecule has 1 aliphatic rings. The number of aromatic nitrogens is 1. The van der Waals surface area contributed by atoms with E-state index in [1.807, 2.05) is 24.0 Å². The number of fused-ring (bicyclic) bond motifs is 1. The average Bonchev–Trinajstić information content (AvgIpc) is 2.83. The van der Waals surface area contributed by atoms with Crippen LogP contribution in [-0.4, -0.2) is 32.9 Å². The maximum Gasteiger partial charge on any atom is 0.336 e. The molecule has 104 valence electrons. The van der Waals surface area contributed by atoms with Gasteiger partial charge in [0.25, 0.3) is 0 Å². The van der Waals surface area contributed by atoms with Crippen LogP contribution in [0.3, 0.4) is 0 Å². The van der Waals surface area contributed by atoms with E-state index in [4.69, 9.17) is 5.11 Å². The predicted octanol–water partition coefficient (Wildman–Crippen LogP) is 3.47. The van der Waals surface area contributed by atoms with Gasteiger partial charge in [-0.2, -0.15) is 0 Å². The van der Waals surface area contributed by atoms with Crippen molar-refractivity contribution < 1.29 is 9.90 Å². The molecule has 0 amide bonds. The molecule has 0 fully saturated rings. The highest BCUT2D eigenvalue weighted by Gasteiger charge is 2.18. The Balaban J connectivity index is 0.000000178. The predicted molar refractivity (Wildman–Crippen MR) is 83.7 cm³/mol. The van der Waals surface area contributed by atoms with Crippen LogP contribution >= 0.6 is 11.8 Å². The number of carboxylic acid groups (broad SMARTS) is 1. The lowest BCUT2D eigenvalue weighted by Crippen LogP contribution is -2.10. The quantitative estimate of drug-likeness (QED) is 0.872. The normalized spacial score (nSPS) is 15.7. The van der Waals surface area contributed by atoms with Crippen molar-refractivity contribution in [1.82, 2.24) is 4.98 Å². The summed E-state index contributed by atoms with van der Waals surface area (Å²) < 4.78 is 0.319. The molecular formula is C15H16N2O2S. The Morgan fingerprint density at radius 3 is 2.60 bits per heavy atom. The lowest BCUT2D eigenvalue weighted by molar-refractivity contribution is 0.0699. The van der Waals surface area contributed by atoms with E-state index in [0.717, 1.165) is 5.88 Å². The maximum atomic E-state index is 10.8. The third-order valence-electron chi connectivity index (χ3n) is 2.79. The van der Waals surface area contributed by atoms with E-state index in [1.165, 1.54) is 12.3 Å². The molecule has 0 saturated heterocycles. The molecule has 5 heteroatoms. The lowest BCUT2D eigenvalue weighted by atomic mass is 10.1. The van der Waals surface area contributed by atoms with Gasteiger partial charge >= 0.3 is 5.97 Å². The molecule has 1 aromatic carbocycles. The summed E-state index contributed by atoms with van der Waals surface area (Å²) in [6.45, 7) is 4.35. The maximum absolute atomic E-state index is 10.8. The van der Waals surface area contributed by atoms with Crippen molar-refractivity contribution in [3.63, 3.8) is 0 Å². The van der Waals surface area contributed by atoms with Gasteiger partial charge < -0.3 is 5.11 Å². The van der Waals surface area contributed by atoms with Gasteiger partial charge in [0.2, 0.25) is 0 Å². The van der Waals surface area contributed by atoms with Gasteiger partial charge in [-0.3, -0.25) is 9.98 Å². The summed E-state index contributed by atoms with van der Waals surface area (Å²) in [5.74, 6) is 0.0334. The Bertz CT molecular complexity index is 648. The van der Waals surface area contributed by atoms with Crippen LogP contribution in [-0.2, 0) is 0 Å². The zero-order chi connectivity index (χ0) is 14.6. The van der Waals surface area contributed by atoms with Crippen molar-refractivity contribution in [2.24, 2.45) is 4.99 Å². The van der Waals surface area contributed by atoms with E-state index in [-0.39, 0.29) is 0 Å². The van der Waals surface area contributed by atoms with Gasteiger partial charge in [0.05, 0.1) is 17.0 Å². The number of carbonyl (C=O) groups is 1. The first-order valence-electron chi connectivity index (χ1n) is 6.21. The molecule has 0 bridgehead atoms. The number of aromatic carboxylic acids is 1. The number of rotatable bonds is 1. The summed E-state index contributed by atoms with van der Waals surface area (Å²) in [6.07, 6.45) is 3.52. The van der Waals surface area contributed by atoms with Crippen molar-refractivity contribution in [3.8, 4) is 0 Å². The van der Waals surface area contributed by atoms with Gasteiger partial charge in [-0.1, -0.05) is 18.2 Å². The van der Waals surface area contributed by atoms with Crippen molar-refractivity contribution in [3.05, 3.63) is 42.1 Å². The lowest BCUT2D eigenvalue weighted by Gasteiger charge is -2.08. The fourth-order valence-corrected chi connectivity index (χ4v) is 2.41. The number of para-hydroxylation sites is 1. The van der Waals surface area contributed by atoms with Gasteiger partial charge in [-0.05, 0) is 26.0 Å². The third-order valence-corrected chi connectivity index (χ3v) is 3.92. The van der Waals surface area contributed by atoms with Crippen LogP contribution in [0.1, 0.15) is 24.2 Å². The minimum atomic E-state index is -0.918. The van der Waals surface area contributed by atoms with Crippen LogP contribution in [0, 0.1) is 0 Å². The van der Waals surface area contributed by atoms with Crippen LogP contribution < -0.4 is 0 Å². The highest BCUT2D eigenvalue weighted by Crippen LogP contribution is 2.26. The van der Waals surface area contributed by atoms with E-state index in [9.17, 15) is 4.79 Å². The van der Waals surface area contributed by atoms with E-state index in [1.54, 1.807) is 18.2 Å². The number of hydrogen-bond acceptors (Lipinski definition) is 4. The van der Waals surface area contributed by atoms with Gasteiger partial charge in [0.15, 0.2) is 0 Å². The first kappa shape index (κ1) is 14.5. The molecule has 0 radical (unpaired) electrons. The van der Waals surface area contributed by atoms with E-state index in [2.05, 4.69) is 23.8 Å². The topological polar surface area (TPSA) is 62.5 Å². The van der Waals surface area contributed by atoms with Gasteiger partial charge in [-0.15, -0.1) is 11.8 Å². The van der Waals surface area contributed by atoms with E-state index >= 15 is 0 Å². The number of aliphatic imine (C=N–C) groups is 1. The van der Waals surface area contributed by atoms with E-state index in [0.29, 0.717) is 21.2 Å². The van der Waals surface area contributed by atoms with Crippen LogP contribution in [0.2, 0.25) is 0 Å². The Morgan fingerprint density at radius 2 is 2.05 bits per heavy atom. The molecule has 0 saturated carbocycles. The molecule has 0 atom stereocenters. The second-order valence-corrected chi connectivity index (χ2v) is 6.47. The molecule has 0 spiro atoms. The number of thioether (sulfide) groups is 1. The summed E-state index contributed by atoms with van der Waals surface area (Å²) in [6, 6.07) is 8.69. The summed E-state index contributed by atoms with van der Waals surface area (Å²) in [4.78, 5) is 18.9. The van der Waals surface area contributed by atoms with Crippen molar-refractivity contribution in [1.29, 1.82) is 0 Å². The molecule has 3 rings (SSSR count). The van der Waals surface area contributed by atoms with Crippen molar-refractivity contribution >= 4 is 34.8 Å². The SMILES string of the molecule is CC1(C)C=NCS1.O=C(O)c1ccnc2ccccc12. The minimum absolute atomic E-state index is 0.297. The molecule has 4 nitrogen and oxygen atoms in total. The Labute approximate surface area is 121 Å². The first-order valence-corrected chi connectivity index (χ1v) is 7.20. The molecule has 1 aromatic heterocycles. The smallest absolute Gasteiger partial charge is 0.336 e. The number of hydrogen-bond donors (Lipinski definition) is 1. The Morgan fingerprint density at radius 1 is 1.30 bits per heavy atom. The highest BCUT2D eigenvalue weighted by molar-refractivity contribution is 8.01. The van der Waals surface area contributed by atoms with Crippen LogP contribution in [0.5, 0.6) is 0 Å². The molecule has 0 aliphatic carbocycles. The molecule has 2 aromatic rings.